The summed E-state index contributed by atoms with van der Waals surface area (Å²) in [6, 6.07) is 8.78. The van der Waals surface area contributed by atoms with E-state index >= 15 is 0 Å². The van der Waals surface area contributed by atoms with E-state index in [0.717, 1.165) is 18.7 Å². The third-order valence-corrected chi connectivity index (χ3v) is 4.08. The molecule has 2 unspecified atom stereocenters. The molecule has 2 aliphatic rings. The lowest BCUT2D eigenvalue weighted by atomic mass is 10.0. The van der Waals surface area contributed by atoms with Crippen molar-refractivity contribution in [2.75, 3.05) is 11.9 Å². The number of rotatable bonds is 5. The molecule has 1 amide bonds. The van der Waals surface area contributed by atoms with E-state index in [1.54, 1.807) is 0 Å². The minimum Gasteiger partial charge on any atom is -0.378 e. The van der Waals surface area contributed by atoms with Crippen LogP contribution in [0, 0.1) is 5.92 Å². The summed E-state index contributed by atoms with van der Waals surface area (Å²) in [5.41, 5.74) is 2.09. The van der Waals surface area contributed by atoms with Gasteiger partial charge in [-0.1, -0.05) is 12.1 Å². The summed E-state index contributed by atoms with van der Waals surface area (Å²) in [6.07, 6.45) is 3.41. The van der Waals surface area contributed by atoms with Crippen molar-refractivity contribution in [3.63, 3.8) is 0 Å². The standard InChI is InChI=1S/C16H22N2O2/c1-11-15(7-8-20-11)16(19)18-14-4-2-3-12(9-14)10-17-13-5-6-13/h2-4,9,11,13,15,17H,5-8,10H2,1H3,(H,18,19). The predicted molar refractivity (Wildman–Crippen MR) is 78.5 cm³/mol. The first-order chi connectivity index (χ1) is 9.72. The van der Waals surface area contributed by atoms with Crippen molar-refractivity contribution < 1.29 is 9.53 Å². The highest BCUT2D eigenvalue weighted by atomic mass is 16.5. The van der Waals surface area contributed by atoms with Gasteiger partial charge >= 0.3 is 0 Å². The molecule has 0 bridgehead atoms. The van der Waals surface area contributed by atoms with Crippen LogP contribution < -0.4 is 10.6 Å². The molecule has 1 heterocycles. The maximum atomic E-state index is 12.2. The van der Waals surface area contributed by atoms with E-state index in [4.69, 9.17) is 4.74 Å². The highest BCUT2D eigenvalue weighted by molar-refractivity contribution is 5.93. The molecule has 4 heteroatoms. The van der Waals surface area contributed by atoms with Crippen LogP contribution >= 0.6 is 0 Å². The molecule has 1 saturated carbocycles. The van der Waals surface area contributed by atoms with Crippen molar-refractivity contribution in [3.05, 3.63) is 29.8 Å². The number of carbonyl (C=O) groups is 1. The third kappa shape index (κ3) is 3.38. The van der Waals surface area contributed by atoms with E-state index in [2.05, 4.69) is 16.7 Å². The number of amides is 1. The number of benzene rings is 1. The van der Waals surface area contributed by atoms with Crippen LogP contribution in [0.4, 0.5) is 5.69 Å². The van der Waals surface area contributed by atoms with Crippen molar-refractivity contribution in [2.45, 2.75) is 44.9 Å². The Bertz CT molecular complexity index is 485. The summed E-state index contributed by atoms with van der Waals surface area (Å²) in [6.45, 7) is 3.52. The van der Waals surface area contributed by atoms with Gasteiger partial charge in [0, 0.05) is 24.9 Å². The van der Waals surface area contributed by atoms with Gasteiger partial charge < -0.3 is 15.4 Å². The lowest BCUT2D eigenvalue weighted by molar-refractivity contribution is -0.121. The smallest absolute Gasteiger partial charge is 0.230 e. The van der Waals surface area contributed by atoms with Crippen LogP contribution in [0.25, 0.3) is 0 Å². The second-order valence-corrected chi connectivity index (χ2v) is 5.82. The fourth-order valence-electron chi connectivity index (χ4n) is 2.62. The molecule has 20 heavy (non-hydrogen) atoms. The lowest BCUT2D eigenvalue weighted by Gasteiger charge is -2.14. The first-order valence-electron chi connectivity index (χ1n) is 7.47. The number of carbonyl (C=O) groups excluding carboxylic acids is 1. The second kappa shape index (κ2) is 5.94. The van der Waals surface area contributed by atoms with E-state index < -0.39 is 0 Å². The molecule has 0 spiro atoms. The zero-order valence-electron chi connectivity index (χ0n) is 11.9. The molecule has 2 atom stereocenters. The Morgan fingerprint density at radius 3 is 2.90 bits per heavy atom. The molecule has 4 nitrogen and oxygen atoms in total. The quantitative estimate of drug-likeness (QED) is 0.866. The lowest BCUT2D eigenvalue weighted by Crippen LogP contribution is -2.27. The molecule has 1 aromatic carbocycles. The number of nitrogens with one attached hydrogen (secondary N) is 2. The monoisotopic (exact) mass is 274 g/mol. The van der Waals surface area contributed by atoms with Crippen molar-refractivity contribution in [1.82, 2.24) is 5.32 Å². The van der Waals surface area contributed by atoms with Crippen molar-refractivity contribution in [3.8, 4) is 0 Å². The minimum absolute atomic E-state index is 0.0229. The number of hydrogen-bond acceptors (Lipinski definition) is 3. The molecule has 108 valence electrons. The molecule has 1 saturated heterocycles. The molecule has 3 rings (SSSR count). The van der Waals surface area contributed by atoms with Crippen LogP contribution in [0.3, 0.4) is 0 Å². The summed E-state index contributed by atoms with van der Waals surface area (Å²) in [7, 11) is 0. The van der Waals surface area contributed by atoms with Gasteiger partial charge in [0.15, 0.2) is 0 Å². The summed E-state index contributed by atoms with van der Waals surface area (Å²) in [5.74, 6) is 0.0468. The van der Waals surface area contributed by atoms with Crippen LogP contribution in [0.1, 0.15) is 31.7 Å². The maximum absolute atomic E-state index is 12.2. The van der Waals surface area contributed by atoms with Crippen LogP contribution in [-0.2, 0) is 16.1 Å². The van der Waals surface area contributed by atoms with E-state index in [9.17, 15) is 4.79 Å². The largest absolute Gasteiger partial charge is 0.378 e. The molecule has 1 aliphatic carbocycles. The van der Waals surface area contributed by atoms with Gasteiger partial charge in [0.05, 0.1) is 12.0 Å². The molecule has 0 radical (unpaired) electrons. The van der Waals surface area contributed by atoms with Crippen molar-refractivity contribution in [1.29, 1.82) is 0 Å². The van der Waals surface area contributed by atoms with Crippen molar-refractivity contribution in [2.24, 2.45) is 5.92 Å². The SMILES string of the molecule is CC1OCCC1C(=O)Nc1cccc(CNC2CC2)c1. The molecule has 1 aromatic rings. The van der Waals surface area contributed by atoms with Crippen LogP contribution in [0.2, 0.25) is 0 Å². The van der Waals surface area contributed by atoms with Crippen molar-refractivity contribution >= 4 is 11.6 Å². The van der Waals surface area contributed by atoms with Gasteiger partial charge in [-0.15, -0.1) is 0 Å². The third-order valence-electron chi connectivity index (χ3n) is 4.08. The summed E-state index contributed by atoms with van der Waals surface area (Å²) in [4.78, 5) is 12.2. The van der Waals surface area contributed by atoms with Gasteiger partial charge in [-0.25, -0.2) is 0 Å². The minimum atomic E-state index is -0.0248. The summed E-state index contributed by atoms with van der Waals surface area (Å²) >= 11 is 0. The highest BCUT2D eigenvalue weighted by Gasteiger charge is 2.30. The van der Waals surface area contributed by atoms with Crippen LogP contribution in [-0.4, -0.2) is 24.7 Å². The number of ether oxygens (including phenoxy) is 1. The van der Waals surface area contributed by atoms with Crippen LogP contribution in [0.15, 0.2) is 24.3 Å². The molecule has 2 N–H and O–H groups in total. The average molecular weight is 274 g/mol. The zero-order chi connectivity index (χ0) is 13.9. The van der Waals surface area contributed by atoms with Gasteiger partial charge in [-0.2, -0.15) is 0 Å². The first kappa shape index (κ1) is 13.6. The van der Waals surface area contributed by atoms with Crippen LogP contribution in [0.5, 0.6) is 0 Å². The fraction of sp³-hybridized carbons (Fsp3) is 0.562. The average Bonchev–Trinajstić information content (AvgIpc) is 3.17. The first-order valence-corrected chi connectivity index (χ1v) is 7.47. The summed E-state index contributed by atoms with van der Waals surface area (Å²) in [5, 5.41) is 6.49. The Morgan fingerprint density at radius 2 is 2.20 bits per heavy atom. The fourth-order valence-corrected chi connectivity index (χ4v) is 2.62. The van der Waals surface area contributed by atoms with Gasteiger partial charge in [0.2, 0.25) is 5.91 Å². The summed E-state index contributed by atoms with van der Waals surface area (Å²) < 4.78 is 5.45. The van der Waals surface area contributed by atoms with E-state index in [-0.39, 0.29) is 17.9 Å². The van der Waals surface area contributed by atoms with E-state index in [1.807, 2.05) is 25.1 Å². The van der Waals surface area contributed by atoms with Gasteiger partial charge in [0.25, 0.3) is 0 Å². The molecular formula is C16H22N2O2. The number of anilines is 1. The molecular weight excluding hydrogens is 252 g/mol. The number of hydrogen-bond donors (Lipinski definition) is 2. The second-order valence-electron chi connectivity index (χ2n) is 5.82. The normalized spacial score (nSPS) is 25.6. The Kier molecular flexibility index (Phi) is 4.03. The van der Waals surface area contributed by atoms with Gasteiger partial charge in [-0.3, -0.25) is 4.79 Å². The maximum Gasteiger partial charge on any atom is 0.230 e. The molecule has 2 fully saturated rings. The highest BCUT2D eigenvalue weighted by Crippen LogP contribution is 2.23. The molecule has 1 aliphatic heterocycles. The van der Waals surface area contributed by atoms with Gasteiger partial charge in [-0.05, 0) is 43.9 Å². The zero-order valence-corrected chi connectivity index (χ0v) is 11.9. The predicted octanol–water partition coefficient (Wildman–Crippen LogP) is 2.30. The Balaban J connectivity index is 1.58. The Morgan fingerprint density at radius 1 is 1.35 bits per heavy atom. The topological polar surface area (TPSA) is 50.4 Å². The van der Waals surface area contributed by atoms with E-state index in [1.165, 1.54) is 18.4 Å². The molecule has 0 aromatic heterocycles. The Hall–Kier alpha value is -1.39. The van der Waals surface area contributed by atoms with Gasteiger partial charge in [0.1, 0.15) is 0 Å². The van der Waals surface area contributed by atoms with E-state index in [0.29, 0.717) is 12.6 Å². The Labute approximate surface area is 119 Å².